The summed E-state index contributed by atoms with van der Waals surface area (Å²) in [5.74, 6) is -3.23. The minimum absolute atomic E-state index is 0.166. The van der Waals surface area contributed by atoms with E-state index in [0.717, 1.165) is 6.07 Å². The lowest BCUT2D eigenvalue weighted by Crippen LogP contribution is -1.99. The van der Waals surface area contributed by atoms with Gasteiger partial charge in [-0.2, -0.15) is 13.4 Å². The maximum absolute atomic E-state index is 11.6. The number of fused-ring (bicyclic) bond motifs is 1. The normalized spacial score (nSPS) is 12.1. The van der Waals surface area contributed by atoms with Crippen LogP contribution in [-0.2, 0) is 19.5 Å². The van der Waals surface area contributed by atoms with Gasteiger partial charge in [-0.05, 0) is 23.6 Å². The van der Waals surface area contributed by atoms with Crippen LogP contribution in [0.5, 0.6) is 5.75 Å². The Labute approximate surface area is 164 Å². The Morgan fingerprint density at radius 2 is 2.00 bits per heavy atom. The van der Waals surface area contributed by atoms with Crippen molar-refractivity contribution in [1.29, 1.82) is 0 Å². The number of carboxylic acid groups (broad SMARTS) is 1. The maximum Gasteiger partial charge on any atom is 0.373 e. The van der Waals surface area contributed by atoms with Crippen molar-refractivity contribution in [3.05, 3.63) is 30.1 Å². The molecule has 3 rings (SSSR count). The summed E-state index contributed by atoms with van der Waals surface area (Å²) < 4.78 is 36.8. The average Bonchev–Trinajstić information content (AvgIpc) is 3.13. The van der Waals surface area contributed by atoms with Crippen LogP contribution in [0.15, 0.2) is 44.3 Å². The summed E-state index contributed by atoms with van der Waals surface area (Å²) in [7, 11) is -4.81. The van der Waals surface area contributed by atoms with Crippen LogP contribution in [0.4, 0.5) is 11.6 Å². The second-order valence-electron chi connectivity index (χ2n) is 5.15. The third-order valence-electron chi connectivity index (χ3n) is 3.38. The van der Waals surface area contributed by atoms with E-state index in [0.29, 0.717) is 16.9 Å². The molecule has 29 heavy (non-hydrogen) atoms. The first-order valence-electron chi connectivity index (χ1n) is 7.20. The number of nitrogens with zero attached hydrogens (tertiary/aromatic N) is 4. The van der Waals surface area contributed by atoms with E-state index in [1.807, 2.05) is 0 Å². The summed E-state index contributed by atoms with van der Waals surface area (Å²) in [4.78, 5) is 13.9. The molecular formula is C13H9N5O9S2. The minimum Gasteiger partial charge on any atom is -0.504 e. The van der Waals surface area contributed by atoms with E-state index < -0.39 is 38.5 Å². The van der Waals surface area contributed by atoms with Crippen LogP contribution >= 0.6 is 12.0 Å². The molecule has 0 atom stereocenters. The van der Waals surface area contributed by atoms with Crippen LogP contribution in [-0.4, -0.2) is 49.6 Å². The number of aromatic carboxylic acids is 1. The van der Waals surface area contributed by atoms with Gasteiger partial charge in [-0.1, -0.05) is 11.1 Å². The second-order valence-corrected chi connectivity index (χ2v) is 7.31. The van der Waals surface area contributed by atoms with Gasteiger partial charge < -0.3 is 10.2 Å². The van der Waals surface area contributed by atoms with E-state index in [9.17, 15) is 22.9 Å². The lowest BCUT2D eigenvalue weighted by molar-refractivity contribution is -0.432. The molecule has 0 aliphatic heterocycles. The fourth-order valence-electron chi connectivity index (χ4n) is 2.21. The van der Waals surface area contributed by atoms with E-state index in [4.69, 9.17) is 10.4 Å². The van der Waals surface area contributed by atoms with Crippen LogP contribution in [0.2, 0.25) is 0 Å². The Hall–Kier alpha value is -3.15. The molecule has 0 saturated heterocycles. The van der Waals surface area contributed by atoms with Crippen molar-refractivity contribution < 1.29 is 42.6 Å². The lowest BCUT2D eigenvalue weighted by Gasteiger charge is -2.09. The third kappa shape index (κ3) is 4.47. The number of benzene rings is 2. The predicted octanol–water partition coefficient (Wildman–Crippen LogP) is 2.45. The van der Waals surface area contributed by atoms with Crippen molar-refractivity contribution in [3.63, 3.8) is 0 Å². The molecule has 152 valence electrons. The summed E-state index contributed by atoms with van der Waals surface area (Å²) in [6.45, 7) is 0. The molecule has 16 heteroatoms. The maximum atomic E-state index is 11.6. The van der Waals surface area contributed by atoms with Crippen molar-refractivity contribution in [2.45, 2.75) is 9.79 Å². The summed E-state index contributed by atoms with van der Waals surface area (Å²) in [6, 6.07) is 5.28. The number of carbonyl (C=O) groups is 1. The number of phenols is 1. The standard InChI is InChI=1S/C13H9N5O9S2/c19-10-8(29(23,24)25)3-5-1-2-6(28-27-26-22)4-7(5)9(10)15-17-13-14-11(12(20)21)16-18-13/h1-4,19,22H,(H,20,21)(H,14,16,18)(H,23,24,25). The van der Waals surface area contributed by atoms with Gasteiger partial charge in [0.25, 0.3) is 16.1 Å². The summed E-state index contributed by atoms with van der Waals surface area (Å²) in [6.07, 6.45) is 0. The van der Waals surface area contributed by atoms with Crippen molar-refractivity contribution in [1.82, 2.24) is 15.2 Å². The first-order chi connectivity index (χ1) is 13.7. The van der Waals surface area contributed by atoms with Crippen molar-refractivity contribution in [3.8, 4) is 5.75 Å². The topological polar surface area (TPSA) is 217 Å². The molecule has 1 aromatic heterocycles. The van der Waals surface area contributed by atoms with E-state index in [2.05, 4.69) is 34.8 Å². The van der Waals surface area contributed by atoms with Crippen molar-refractivity contribution in [2.24, 2.45) is 10.2 Å². The van der Waals surface area contributed by atoms with Gasteiger partial charge in [-0.25, -0.2) is 10.1 Å². The number of hydrogen-bond donors (Lipinski definition) is 5. The second kappa shape index (κ2) is 8.07. The van der Waals surface area contributed by atoms with Crippen LogP contribution in [0.25, 0.3) is 10.8 Å². The molecule has 2 aromatic carbocycles. The Morgan fingerprint density at radius 1 is 1.24 bits per heavy atom. The van der Waals surface area contributed by atoms with E-state index in [1.54, 1.807) is 0 Å². The van der Waals surface area contributed by atoms with Gasteiger partial charge in [0.1, 0.15) is 10.6 Å². The lowest BCUT2D eigenvalue weighted by atomic mass is 10.1. The smallest absolute Gasteiger partial charge is 0.373 e. The predicted molar refractivity (Wildman–Crippen MR) is 93.6 cm³/mol. The molecule has 0 bridgehead atoms. The zero-order valence-corrected chi connectivity index (χ0v) is 15.4. The number of azo groups is 1. The molecule has 0 radical (unpaired) electrons. The van der Waals surface area contributed by atoms with Crippen molar-refractivity contribution >= 4 is 50.5 Å². The quantitative estimate of drug-likeness (QED) is 0.117. The molecule has 0 fully saturated rings. The highest BCUT2D eigenvalue weighted by Gasteiger charge is 2.22. The van der Waals surface area contributed by atoms with Gasteiger partial charge in [-0.3, -0.25) is 9.65 Å². The largest absolute Gasteiger partial charge is 0.504 e. The molecule has 0 spiro atoms. The number of hydrogen-bond acceptors (Lipinski definition) is 12. The molecule has 5 N–H and O–H groups in total. The molecule has 0 amide bonds. The Balaban J connectivity index is 2.17. The molecule has 0 unspecified atom stereocenters. The third-order valence-corrected chi connectivity index (χ3v) is 4.82. The highest BCUT2D eigenvalue weighted by Crippen LogP contribution is 2.42. The highest BCUT2D eigenvalue weighted by atomic mass is 32.2. The number of aromatic amines is 1. The first-order valence-corrected chi connectivity index (χ1v) is 9.38. The molecule has 0 saturated carbocycles. The molecule has 0 aliphatic carbocycles. The molecule has 14 nitrogen and oxygen atoms in total. The Bertz CT molecular complexity index is 1220. The number of aromatic hydroxyl groups is 1. The SMILES string of the molecule is O=C(O)c1nc(N=Nc2c(O)c(S(=O)(=O)O)cc3ccc(SOOO)cc23)n[nH]1. The number of H-pyrrole nitrogens is 1. The number of nitrogens with one attached hydrogen (secondary N) is 1. The average molecular weight is 443 g/mol. The Morgan fingerprint density at radius 3 is 2.62 bits per heavy atom. The number of rotatable bonds is 7. The molecule has 1 heterocycles. The van der Waals surface area contributed by atoms with Crippen LogP contribution in [0, 0.1) is 0 Å². The number of aromatic nitrogens is 3. The van der Waals surface area contributed by atoms with Gasteiger partial charge in [0, 0.05) is 10.3 Å². The van der Waals surface area contributed by atoms with E-state index in [-0.39, 0.29) is 16.5 Å². The van der Waals surface area contributed by atoms with Gasteiger partial charge in [0.05, 0.1) is 12.0 Å². The van der Waals surface area contributed by atoms with E-state index >= 15 is 0 Å². The minimum atomic E-state index is -4.81. The molecular weight excluding hydrogens is 434 g/mol. The van der Waals surface area contributed by atoms with E-state index in [1.165, 1.54) is 18.2 Å². The van der Waals surface area contributed by atoms with Crippen LogP contribution < -0.4 is 0 Å². The van der Waals surface area contributed by atoms with Gasteiger partial charge in [-0.15, -0.1) is 19.7 Å². The summed E-state index contributed by atoms with van der Waals surface area (Å²) in [5, 5.41) is 44.1. The van der Waals surface area contributed by atoms with Crippen LogP contribution in [0.3, 0.4) is 0 Å². The fourth-order valence-corrected chi connectivity index (χ4v) is 3.23. The molecule has 3 aromatic rings. The number of carboxylic acids is 1. The fraction of sp³-hybridized carbons (Fsp3) is 0. The van der Waals surface area contributed by atoms with Gasteiger partial charge in [0.15, 0.2) is 5.75 Å². The monoisotopic (exact) mass is 443 g/mol. The highest BCUT2D eigenvalue weighted by molar-refractivity contribution is 7.94. The summed E-state index contributed by atoms with van der Waals surface area (Å²) in [5.41, 5.74) is -0.385. The molecule has 0 aliphatic rings. The summed E-state index contributed by atoms with van der Waals surface area (Å²) >= 11 is 0.592. The first kappa shape index (κ1) is 20.6. The zero-order valence-electron chi connectivity index (χ0n) is 13.7. The number of phenolic OH excluding ortho intramolecular Hbond substituents is 1. The van der Waals surface area contributed by atoms with Gasteiger partial charge in [0.2, 0.25) is 5.82 Å². The van der Waals surface area contributed by atoms with Gasteiger partial charge >= 0.3 is 5.97 Å². The van der Waals surface area contributed by atoms with Crippen LogP contribution in [0.1, 0.15) is 10.6 Å². The van der Waals surface area contributed by atoms with Crippen molar-refractivity contribution in [2.75, 3.05) is 0 Å². The zero-order chi connectivity index (χ0) is 21.2. The Kier molecular flexibility index (Phi) is 5.73.